The van der Waals surface area contributed by atoms with Gasteiger partial charge in [-0.2, -0.15) is 0 Å². The third kappa shape index (κ3) is 2.84. The van der Waals surface area contributed by atoms with Crippen molar-refractivity contribution in [1.29, 1.82) is 0 Å². The van der Waals surface area contributed by atoms with Gasteiger partial charge in [0.05, 0.1) is 5.92 Å². The molecule has 0 aliphatic carbocycles. The number of nitrogens with zero attached hydrogens (tertiary/aromatic N) is 1. The normalized spacial score (nSPS) is 18.8. The fourth-order valence-corrected chi connectivity index (χ4v) is 2.64. The number of aryl methyl sites for hydroxylation is 2. The lowest BCUT2D eigenvalue weighted by atomic mass is 10.1. The van der Waals surface area contributed by atoms with Crippen LogP contribution in [0.4, 0.5) is 5.69 Å². The van der Waals surface area contributed by atoms with Gasteiger partial charge in [-0.05, 0) is 38.8 Å². The van der Waals surface area contributed by atoms with E-state index in [-0.39, 0.29) is 23.8 Å². The fraction of sp³-hybridized carbons (Fsp3) is 0.500. The van der Waals surface area contributed by atoms with Crippen molar-refractivity contribution < 1.29 is 9.59 Å². The number of hydrogen-bond acceptors (Lipinski definition) is 2. The average Bonchev–Trinajstić information content (AvgIpc) is 2.76. The first-order valence-corrected chi connectivity index (χ1v) is 7.06. The van der Waals surface area contributed by atoms with Crippen LogP contribution in [0.25, 0.3) is 0 Å². The van der Waals surface area contributed by atoms with Gasteiger partial charge in [0, 0.05) is 24.7 Å². The highest BCUT2D eigenvalue weighted by Gasteiger charge is 2.35. The van der Waals surface area contributed by atoms with E-state index in [4.69, 9.17) is 0 Å². The predicted molar refractivity (Wildman–Crippen MR) is 79.5 cm³/mol. The molecule has 4 heteroatoms. The Morgan fingerprint density at radius 1 is 1.30 bits per heavy atom. The van der Waals surface area contributed by atoms with Crippen LogP contribution in [0.15, 0.2) is 18.2 Å². The van der Waals surface area contributed by atoms with Crippen molar-refractivity contribution in [2.75, 3.05) is 11.9 Å². The van der Waals surface area contributed by atoms with Crippen LogP contribution in [-0.4, -0.2) is 29.3 Å². The van der Waals surface area contributed by atoms with Gasteiger partial charge >= 0.3 is 0 Å². The number of carbonyl (C=O) groups excluding carboxylic acids is 2. The molecule has 1 fully saturated rings. The zero-order chi connectivity index (χ0) is 14.9. The Morgan fingerprint density at radius 2 is 1.90 bits per heavy atom. The highest BCUT2D eigenvalue weighted by molar-refractivity contribution is 5.98. The first-order chi connectivity index (χ1) is 9.40. The number of amides is 2. The van der Waals surface area contributed by atoms with E-state index in [0.29, 0.717) is 13.0 Å². The first-order valence-electron chi connectivity index (χ1n) is 7.06. The lowest BCUT2D eigenvalue weighted by Gasteiger charge is -2.21. The summed E-state index contributed by atoms with van der Waals surface area (Å²) in [6.45, 7) is 8.42. The minimum Gasteiger partial charge on any atom is -0.339 e. The van der Waals surface area contributed by atoms with Gasteiger partial charge < -0.3 is 10.2 Å². The minimum absolute atomic E-state index is 0.0566. The van der Waals surface area contributed by atoms with E-state index in [2.05, 4.69) is 5.32 Å². The Morgan fingerprint density at radius 3 is 2.40 bits per heavy atom. The number of anilines is 1. The number of para-hydroxylation sites is 1. The Balaban J connectivity index is 2.09. The first kappa shape index (κ1) is 14.6. The SMILES string of the molecule is Cc1cccc(C)c1NC(=O)[C@@H]1CC(=O)N(C(C)C)C1. The molecule has 0 unspecified atom stereocenters. The van der Waals surface area contributed by atoms with Gasteiger partial charge in [0.2, 0.25) is 11.8 Å². The second-order valence-electron chi connectivity index (χ2n) is 5.80. The highest BCUT2D eigenvalue weighted by atomic mass is 16.2. The fourth-order valence-electron chi connectivity index (χ4n) is 2.64. The predicted octanol–water partition coefficient (Wildman–Crippen LogP) is 2.50. The molecule has 0 aromatic heterocycles. The minimum atomic E-state index is -0.246. The maximum atomic E-state index is 12.3. The Hall–Kier alpha value is -1.84. The Kier molecular flexibility index (Phi) is 4.12. The van der Waals surface area contributed by atoms with Crippen molar-refractivity contribution in [3.05, 3.63) is 29.3 Å². The van der Waals surface area contributed by atoms with E-state index in [1.807, 2.05) is 45.9 Å². The third-order valence-electron chi connectivity index (χ3n) is 3.88. The summed E-state index contributed by atoms with van der Waals surface area (Å²) in [7, 11) is 0. The molecule has 1 aliphatic heterocycles. The quantitative estimate of drug-likeness (QED) is 0.920. The molecule has 2 rings (SSSR count). The summed E-state index contributed by atoms with van der Waals surface area (Å²) in [6, 6.07) is 6.08. The van der Waals surface area contributed by atoms with Crippen LogP contribution in [-0.2, 0) is 9.59 Å². The van der Waals surface area contributed by atoms with Crippen molar-refractivity contribution in [3.63, 3.8) is 0 Å². The zero-order valence-corrected chi connectivity index (χ0v) is 12.6. The molecule has 0 spiro atoms. The number of nitrogens with one attached hydrogen (secondary N) is 1. The van der Waals surface area contributed by atoms with Gasteiger partial charge in [-0.15, -0.1) is 0 Å². The van der Waals surface area contributed by atoms with Crippen molar-refractivity contribution in [3.8, 4) is 0 Å². The summed E-state index contributed by atoms with van der Waals surface area (Å²) in [6.07, 6.45) is 0.314. The summed E-state index contributed by atoms with van der Waals surface area (Å²) in [5.41, 5.74) is 2.96. The summed E-state index contributed by atoms with van der Waals surface area (Å²) in [4.78, 5) is 26.0. The molecule has 108 valence electrons. The van der Waals surface area contributed by atoms with Crippen molar-refractivity contribution in [2.45, 2.75) is 40.2 Å². The maximum absolute atomic E-state index is 12.3. The molecular formula is C16H22N2O2. The number of benzene rings is 1. The molecule has 4 nitrogen and oxygen atoms in total. The molecule has 20 heavy (non-hydrogen) atoms. The van der Waals surface area contributed by atoms with Crippen LogP contribution in [0.1, 0.15) is 31.4 Å². The van der Waals surface area contributed by atoms with Gasteiger partial charge in [0.25, 0.3) is 0 Å². The van der Waals surface area contributed by atoms with E-state index < -0.39 is 0 Å². The lowest BCUT2D eigenvalue weighted by Crippen LogP contribution is -2.33. The summed E-state index contributed by atoms with van der Waals surface area (Å²) >= 11 is 0. The second-order valence-corrected chi connectivity index (χ2v) is 5.80. The summed E-state index contributed by atoms with van der Waals surface area (Å²) in [5, 5.41) is 2.98. The molecule has 1 aliphatic rings. The standard InChI is InChI=1S/C16H22N2O2/c1-10(2)18-9-13(8-14(18)19)16(20)17-15-11(3)6-5-7-12(15)4/h5-7,10,13H,8-9H2,1-4H3,(H,17,20)/t13-/m1/s1. The smallest absolute Gasteiger partial charge is 0.229 e. The van der Waals surface area contributed by atoms with Gasteiger partial charge in [0.1, 0.15) is 0 Å². The molecule has 1 saturated heterocycles. The van der Waals surface area contributed by atoms with Crippen LogP contribution in [0.2, 0.25) is 0 Å². The number of likely N-dealkylation sites (tertiary alicyclic amines) is 1. The van der Waals surface area contributed by atoms with Gasteiger partial charge in [0.15, 0.2) is 0 Å². The van der Waals surface area contributed by atoms with E-state index in [9.17, 15) is 9.59 Å². The van der Waals surface area contributed by atoms with Crippen molar-refractivity contribution in [1.82, 2.24) is 4.90 Å². The zero-order valence-electron chi connectivity index (χ0n) is 12.6. The number of hydrogen-bond donors (Lipinski definition) is 1. The van der Waals surface area contributed by atoms with Crippen LogP contribution in [0.5, 0.6) is 0 Å². The molecule has 0 radical (unpaired) electrons. The summed E-state index contributed by atoms with van der Waals surface area (Å²) in [5.74, 6) is -0.232. The monoisotopic (exact) mass is 274 g/mol. The van der Waals surface area contributed by atoms with Crippen molar-refractivity contribution in [2.24, 2.45) is 5.92 Å². The van der Waals surface area contributed by atoms with Crippen LogP contribution < -0.4 is 5.32 Å². The third-order valence-corrected chi connectivity index (χ3v) is 3.88. The van der Waals surface area contributed by atoms with E-state index >= 15 is 0 Å². The lowest BCUT2D eigenvalue weighted by molar-refractivity contribution is -0.129. The molecule has 0 saturated carbocycles. The molecule has 2 amide bonds. The van der Waals surface area contributed by atoms with Gasteiger partial charge in [-0.1, -0.05) is 18.2 Å². The van der Waals surface area contributed by atoms with Crippen molar-refractivity contribution >= 4 is 17.5 Å². The molecule has 1 aromatic rings. The van der Waals surface area contributed by atoms with Gasteiger partial charge in [-0.25, -0.2) is 0 Å². The van der Waals surface area contributed by atoms with E-state index in [1.54, 1.807) is 4.90 Å². The molecular weight excluding hydrogens is 252 g/mol. The van der Waals surface area contributed by atoms with E-state index in [0.717, 1.165) is 16.8 Å². The Labute approximate surface area is 120 Å². The molecule has 1 aromatic carbocycles. The molecule has 0 bridgehead atoms. The second kappa shape index (κ2) is 5.65. The molecule has 1 atom stereocenters. The number of rotatable bonds is 3. The van der Waals surface area contributed by atoms with Gasteiger partial charge in [-0.3, -0.25) is 9.59 Å². The maximum Gasteiger partial charge on any atom is 0.229 e. The summed E-state index contributed by atoms with van der Waals surface area (Å²) < 4.78 is 0. The average molecular weight is 274 g/mol. The Bertz CT molecular complexity index is 517. The largest absolute Gasteiger partial charge is 0.339 e. The van der Waals surface area contributed by atoms with Crippen LogP contribution >= 0.6 is 0 Å². The van der Waals surface area contributed by atoms with Crippen LogP contribution in [0.3, 0.4) is 0 Å². The van der Waals surface area contributed by atoms with E-state index in [1.165, 1.54) is 0 Å². The highest BCUT2D eigenvalue weighted by Crippen LogP contribution is 2.24. The number of carbonyl (C=O) groups is 2. The topological polar surface area (TPSA) is 49.4 Å². The van der Waals surface area contributed by atoms with Crippen LogP contribution in [0, 0.1) is 19.8 Å². The molecule has 1 heterocycles. The molecule has 1 N–H and O–H groups in total.